The molecule has 2 fully saturated rings. The molecule has 15 nitrogen and oxygen atoms in total. The van der Waals surface area contributed by atoms with E-state index < -0.39 is 80.5 Å². The van der Waals surface area contributed by atoms with E-state index in [4.69, 9.17) is 38.3 Å². The number of nitrogens with zero attached hydrogens (tertiary/aromatic N) is 1. The van der Waals surface area contributed by atoms with Crippen molar-refractivity contribution in [3.63, 3.8) is 0 Å². The zero-order valence-corrected chi connectivity index (χ0v) is 22.4. The molecule has 0 saturated carbocycles. The number of allylic oxidation sites excluding steroid dienone is 1. The van der Waals surface area contributed by atoms with Crippen LogP contribution in [0.5, 0.6) is 0 Å². The number of ether oxygens (including phenoxy) is 4. The first-order valence-corrected chi connectivity index (χ1v) is 13.2. The lowest BCUT2D eigenvalue weighted by Gasteiger charge is -2.38. The second-order valence-corrected chi connectivity index (χ2v) is 11.0. The number of ketones is 1. The van der Waals surface area contributed by atoms with Gasteiger partial charge in [-0.15, -0.1) is 0 Å². The SMILES string of the molecule is CC(=O)O[C@@H](CO[P@]1(=O)OC[C@H]2O[C@@H](N3C=CC(=O)CC3=O)[C@](C)(N)[C@@H]2O1)[C@@H](OC(C)=O)C(=O)OC(C)C. The molecule has 212 valence electrons. The normalized spacial score (nSPS) is 32.5. The minimum Gasteiger partial charge on any atom is -0.460 e. The Labute approximate surface area is 218 Å². The van der Waals surface area contributed by atoms with Gasteiger partial charge in [-0.25, -0.2) is 9.36 Å². The zero-order valence-electron chi connectivity index (χ0n) is 21.5. The first kappa shape index (κ1) is 29.9. The maximum atomic E-state index is 13.4. The van der Waals surface area contributed by atoms with Gasteiger partial charge in [0.15, 0.2) is 18.1 Å². The van der Waals surface area contributed by atoms with Crippen LogP contribution >= 0.6 is 7.82 Å². The zero-order chi connectivity index (χ0) is 28.4. The van der Waals surface area contributed by atoms with Gasteiger partial charge in [-0.3, -0.25) is 37.6 Å². The smallest absolute Gasteiger partial charge is 0.460 e. The Kier molecular flexibility index (Phi) is 9.12. The van der Waals surface area contributed by atoms with E-state index in [1.54, 1.807) is 13.8 Å². The van der Waals surface area contributed by atoms with Crippen LogP contribution in [0.25, 0.3) is 0 Å². The summed E-state index contributed by atoms with van der Waals surface area (Å²) < 4.78 is 50.6. The number of rotatable bonds is 9. The number of esters is 3. The van der Waals surface area contributed by atoms with Crippen molar-refractivity contribution in [1.82, 2.24) is 4.90 Å². The van der Waals surface area contributed by atoms with E-state index >= 15 is 0 Å². The molecule has 0 radical (unpaired) electrons. The number of hydrogen-bond acceptors (Lipinski definition) is 14. The molecule has 2 N–H and O–H groups in total. The number of phosphoric acid groups is 1. The van der Waals surface area contributed by atoms with Crippen molar-refractivity contribution in [2.45, 2.75) is 83.3 Å². The maximum absolute atomic E-state index is 13.4. The summed E-state index contributed by atoms with van der Waals surface area (Å²) in [5.41, 5.74) is 5.03. The molecular weight excluding hydrogens is 531 g/mol. The van der Waals surface area contributed by atoms with Crippen molar-refractivity contribution in [1.29, 1.82) is 0 Å². The second-order valence-electron chi connectivity index (χ2n) is 9.38. The molecule has 0 spiro atoms. The number of carbonyl (C=O) groups excluding carboxylic acids is 5. The largest absolute Gasteiger partial charge is 0.475 e. The van der Waals surface area contributed by atoms with Crippen molar-refractivity contribution >= 4 is 37.4 Å². The molecule has 0 aliphatic carbocycles. The van der Waals surface area contributed by atoms with Gasteiger partial charge in [0.2, 0.25) is 12.0 Å². The van der Waals surface area contributed by atoms with Crippen LogP contribution in [0.1, 0.15) is 41.0 Å². The molecule has 0 aromatic rings. The van der Waals surface area contributed by atoms with Gasteiger partial charge in [0.05, 0.1) is 24.7 Å². The molecule has 3 aliphatic rings. The molecule has 1 amide bonds. The fraction of sp³-hybridized carbons (Fsp3) is 0.682. The molecule has 38 heavy (non-hydrogen) atoms. The van der Waals surface area contributed by atoms with Crippen molar-refractivity contribution in [2.75, 3.05) is 13.2 Å². The Hall–Kier alpha value is -2.68. The summed E-state index contributed by atoms with van der Waals surface area (Å²) in [5.74, 6) is -3.65. The number of amides is 1. The Balaban J connectivity index is 1.76. The Morgan fingerprint density at radius 3 is 2.42 bits per heavy atom. The molecule has 0 aromatic heterocycles. The van der Waals surface area contributed by atoms with Crippen LogP contribution in [0.2, 0.25) is 0 Å². The highest BCUT2D eigenvalue weighted by Gasteiger charge is 2.60. The third kappa shape index (κ3) is 6.84. The average Bonchev–Trinajstić information content (AvgIpc) is 3.04. The van der Waals surface area contributed by atoms with E-state index in [1.165, 1.54) is 19.2 Å². The minimum absolute atomic E-state index is 0.309. The molecule has 7 atom stereocenters. The van der Waals surface area contributed by atoms with Crippen molar-refractivity contribution in [3.05, 3.63) is 12.3 Å². The lowest BCUT2D eigenvalue weighted by Crippen LogP contribution is -2.60. The molecule has 0 unspecified atom stereocenters. The Morgan fingerprint density at radius 2 is 1.84 bits per heavy atom. The van der Waals surface area contributed by atoms with Gasteiger partial charge < -0.3 is 24.7 Å². The summed E-state index contributed by atoms with van der Waals surface area (Å²) in [7, 11) is -4.40. The predicted molar refractivity (Wildman–Crippen MR) is 124 cm³/mol. The molecule has 2 saturated heterocycles. The highest BCUT2D eigenvalue weighted by Crippen LogP contribution is 2.57. The highest BCUT2D eigenvalue weighted by atomic mass is 31.2. The number of phosphoric ester groups is 1. The quantitative estimate of drug-likeness (QED) is 0.172. The van der Waals surface area contributed by atoms with Crippen LogP contribution < -0.4 is 5.73 Å². The maximum Gasteiger partial charge on any atom is 0.475 e. The van der Waals surface area contributed by atoms with E-state index in [1.807, 2.05) is 0 Å². The van der Waals surface area contributed by atoms with Crippen molar-refractivity contribution < 1.29 is 61.1 Å². The van der Waals surface area contributed by atoms with E-state index in [2.05, 4.69) is 0 Å². The molecule has 16 heteroatoms. The summed E-state index contributed by atoms with van der Waals surface area (Å²) in [6.45, 7) is 5.65. The first-order valence-electron chi connectivity index (χ1n) is 11.7. The summed E-state index contributed by atoms with van der Waals surface area (Å²) >= 11 is 0. The highest BCUT2D eigenvalue weighted by molar-refractivity contribution is 7.48. The van der Waals surface area contributed by atoms with Crippen LogP contribution in [0.15, 0.2) is 12.3 Å². The second kappa shape index (κ2) is 11.6. The van der Waals surface area contributed by atoms with Crippen LogP contribution in [-0.4, -0.2) is 90.0 Å². The average molecular weight is 562 g/mol. The van der Waals surface area contributed by atoms with Gasteiger partial charge >= 0.3 is 25.7 Å². The molecule has 3 rings (SSSR count). The lowest BCUT2D eigenvalue weighted by atomic mass is 9.92. The number of nitrogens with two attached hydrogens (primary N) is 1. The van der Waals surface area contributed by atoms with Crippen molar-refractivity contribution in [2.24, 2.45) is 5.73 Å². The predicted octanol–water partition coefficient (Wildman–Crippen LogP) is 0.0989. The van der Waals surface area contributed by atoms with Crippen LogP contribution in [0, 0.1) is 0 Å². The van der Waals surface area contributed by atoms with E-state index in [9.17, 15) is 28.5 Å². The molecular formula is C22H31N2O13P. The summed E-state index contributed by atoms with van der Waals surface area (Å²) in [6, 6.07) is 0. The molecule has 3 aliphatic heterocycles. The topological polar surface area (TPSA) is 196 Å². The van der Waals surface area contributed by atoms with E-state index in [0.29, 0.717) is 0 Å². The van der Waals surface area contributed by atoms with Gasteiger partial charge in [0.1, 0.15) is 18.8 Å². The molecule has 0 aromatic carbocycles. The van der Waals surface area contributed by atoms with Crippen LogP contribution in [-0.2, 0) is 61.1 Å². The number of carbonyl (C=O) groups is 5. The third-order valence-corrected chi connectivity index (χ3v) is 7.06. The molecule has 3 heterocycles. The fourth-order valence-corrected chi connectivity index (χ4v) is 5.57. The monoisotopic (exact) mass is 562 g/mol. The minimum atomic E-state index is -4.40. The van der Waals surface area contributed by atoms with Crippen molar-refractivity contribution in [3.8, 4) is 0 Å². The van der Waals surface area contributed by atoms with Gasteiger partial charge in [-0.05, 0) is 26.8 Å². The third-order valence-electron chi connectivity index (χ3n) is 5.64. The number of fused-ring (bicyclic) bond motifs is 1. The fourth-order valence-electron chi connectivity index (χ4n) is 4.07. The van der Waals surface area contributed by atoms with E-state index in [0.717, 1.165) is 18.7 Å². The Morgan fingerprint density at radius 1 is 1.18 bits per heavy atom. The van der Waals surface area contributed by atoms with Gasteiger partial charge in [-0.2, -0.15) is 0 Å². The summed E-state index contributed by atoms with van der Waals surface area (Å²) in [5, 5.41) is 0. The Bertz CT molecular complexity index is 1060. The molecule has 0 bridgehead atoms. The van der Waals surface area contributed by atoms with Gasteiger partial charge in [0.25, 0.3) is 0 Å². The number of hydrogen-bond donors (Lipinski definition) is 1. The summed E-state index contributed by atoms with van der Waals surface area (Å²) in [4.78, 5) is 60.9. The van der Waals surface area contributed by atoms with Gasteiger partial charge in [0, 0.05) is 20.0 Å². The first-order chi connectivity index (χ1) is 17.6. The van der Waals surface area contributed by atoms with E-state index in [-0.39, 0.29) is 18.8 Å². The van der Waals surface area contributed by atoms with Gasteiger partial charge in [-0.1, -0.05) is 0 Å². The van der Waals surface area contributed by atoms with Crippen LogP contribution in [0.3, 0.4) is 0 Å². The standard InChI is InChI=1S/C22H31N2O13P/c1-11(2)33-20(29)18(35-13(4)26)15(34-12(3)25)9-31-38(30)32-10-16-19(37-38)22(5,23)21(36-16)24-7-6-14(27)8-17(24)28/h6-7,11,15-16,18-19,21H,8-10,23H2,1-5H3/t15-,16+,18+,19+,21+,22+,38+/m0/s1. The summed E-state index contributed by atoms with van der Waals surface area (Å²) in [6.07, 6.45) is -4.78. The van der Waals surface area contributed by atoms with Crippen LogP contribution in [0.4, 0.5) is 0 Å². The lowest BCUT2D eigenvalue weighted by molar-refractivity contribution is -0.185.